The average molecular weight is 218 g/mol. The average Bonchev–Trinajstić information content (AvgIpc) is 2.34. The van der Waals surface area contributed by atoms with Crippen LogP contribution in [0.4, 0.5) is 0 Å². The molecule has 0 saturated heterocycles. The van der Waals surface area contributed by atoms with Gasteiger partial charge in [0.15, 0.2) is 0 Å². The monoisotopic (exact) mass is 218 g/mol. The lowest BCUT2D eigenvalue weighted by Crippen LogP contribution is -1.96. The molecule has 0 aliphatic rings. The molecule has 0 aliphatic heterocycles. The second-order valence-corrected chi connectivity index (χ2v) is 3.67. The molecule has 0 atom stereocenters. The quantitative estimate of drug-likeness (QED) is 0.601. The fourth-order valence-electron chi connectivity index (χ4n) is 1.49. The van der Waals surface area contributed by atoms with Gasteiger partial charge in [0.05, 0.1) is 13.2 Å². The van der Waals surface area contributed by atoms with Crippen LogP contribution in [0.1, 0.15) is 42.9 Å². The summed E-state index contributed by atoms with van der Waals surface area (Å²) >= 11 is 0. The van der Waals surface area contributed by atoms with Gasteiger partial charge in [0.2, 0.25) is 0 Å². The molecule has 2 N–H and O–H groups in total. The SMILES string of the molecule is CCCCC#Cc1c(CO)cccc1CO. The third kappa shape index (κ3) is 3.37. The van der Waals surface area contributed by atoms with Gasteiger partial charge in [0.25, 0.3) is 0 Å². The minimum atomic E-state index is -0.0361. The van der Waals surface area contributed by atoms with Crippen LogP contribution in [-0.4, -0.2) is 10.2 Å². The summed E-state index contributed by atoms with van der Waals surface area (Å²) in [4.78, 5) is 0. The Morgan fingerprint density at radius 2 is 1.75 bits per heavy atom. The largest absolute Gasteiger partial charge is 0.392 e. The molecule has 0 aromatic heterocycles. The molecule has 0 bridgehead atoms. The van der Waals surface area contributed by atoms with E-state index in [1.54, 1.807) is 0 Å². The zero-order chi connectivity index (χ0) is 11.8. The Morgan fingerprint density at radius 3 is 2.25 bits per heavy atom. The van der Waals surface area contributed by atoms with E-state index in [9.17, 15) is 10.2 Å². The minimum absolute atomic E-state index is 0.0361. The summed E-state index contributed by atoms with van der Waals surface area (Å²) in [7, 11) is 0. The van der Waals surface area contributed by atoms with E-state index in [4.69, 9.17) is 0 Å². The molecule has 0 unspecified atom stereocenters. The van der Waals surface area contributed by atoms with E-state index in [-0.39, 0.29) is 13.2 Å². The van der Waals surface area contributed by atoms with Gasteiger partial charge in [-0.25, -0.2) is 0 Å². The van der Waals surface area contributed by atoms with Crippen LogP contribution in [0.2, 0.25) is 0 Å². The molecule has 2 nitrogen and oxygen atoms in total. The standard InChI is InChI=1S/C14H18O2/c1-2-3-4-5-9-14-12(10-15)7-6-8-13(14)11-16/h6-8,15-16H,2-4,10-11H2,1H3. The smallest absolute Gasteiger partial charge is 0.0694 e. The fraction of sp³-hybridized carbons (Fsp3) is 0.429. The Balaban J connectivity index is 2.93. The van der Waals surface area contributed by atoms with E-state index >= 15 is 0 Å². The van der Waals surface area contributed by atoms with Crippen LogP contribution in [-0.2, 0) is 13.2 Å². The van der Waals surface area contributed by atoms with Gasteiger partial charge in [-0.15, -0.1) is 0 Å². The Bertz CT molecular complexity index is 363. The highest BCUT2D eigenvalue weighted by Gasteiger charge is 2.03. The van der Waals surface area contributed by atoms with Gasteiger partial charge in [-0.2, -0.15) is 0 Å². The van der Waals surface area contributed by atoms with Gasteiger partial charge < -0.3 is 10.2 Å². The van der Waals surface area contributed by atoms with E-state index in [0.717, 1.165) is 36.0 Å². The van der Waals surface area contributed by atoms with Gasteiger partial charge in [0.1, 0.15) is 0 Å². The first-order valence-corrected chi connectivity index (χ1v) is 5.64. The van der Waals surface area contributed by atoms with E-state index in [0.29, 0.717) is 0 Å². The van der Waals surface area contributed by atoms with Crippen molar-refractivity contribution in [2.24, 2.45) is 0 Å². The summed E-state index contributed by atoms with van der Waals surface area (Å²) in [5, 5.41) is 18.4. The first-order chi connectivity index (χ1) is 7.83. The first kappa shape index (κ1) is 12.8. The maximum atomic E-state index is 9.19. The maximum absolute atomic E-state index is 9.19. The summed E-state index contributed by atoms with van der Waals surface area (Å²) in [5.74, 6) is 6.13. The van der Waals surface area contributed by atoms with E-state index in [1.807, 2.05) is 18.2 Å². The molecular formula is C14H18O2. The molecule has 0 spiro atoms. The Morgan fingerprint density at radius 1 is 1.12 bits per heavy atom. The highest BCUT2D eigenvalue weighted by atomic mass is 16.3. The molecule has 0 radical (unpaired) electrons. The zero-order valence-corrected chi connectivity index (χ0v) is 9.66. The van der Waals surface area contributed by atoms with Crippen molar-refractivity contribution >= 4 is 0 Å². The number of aliphatic hydroxyl groups is 2. The molecule has 1 aromatic carbocycles. The molecule has 2 heteroatoms. The minimum Gasteiger partial charge on any atom is -0.392 e. The topological polar surface area (TPSA) is 40.5 Å². The zero-order valence-electron chi connectivity index (χ0n) is 9.66. The van der Waals surface area contributed by atoms with Crippen LogP contribution in [0.3, 0.4) is 0 Å². The number of aliphatic hydroxyl groups excluding tert-OH is 2. The Labute approximate surface area is 96.9 Å². The van der Waals surface area contributed by atoms with Crippen molar-refractivity contribution < 1.29 is 10.2 Å². The Kier molecular flexibility index (Phi) is 5.63. The molecule has 0 fully saturated rings. The van der Waals surface area contributed by atoms with Crippen molar-refractivity contribution in [1.29, 1.82) is 0 Å². The van der Waals surface area contributed by atoms with Crippen LogP contribution in [0.15, 0.2) is 18.2 Å². The van der Waals surface area contributed by atoms with Crippen LogP contribution in [0, 0.1) is 11.8 Å². The summed E-state index contributed by atoms with van der Waals surface area (Å²) in [5.41, 5.74) is 2.36. The number of benzene rings is 1. The third-order valence-corrected chi connectivity index (χ3v) is 2.45. The van der Waals surface area contributed by atoms with E-state index in [2.05, 4.69) is 18.8 Å². The highest BCUT2D eigenvalue weighted by molar-refractivity contribution is 5.46. The molecular weight excluding hydrogens is 200 g/mol. The highest BCUT2D eigenvalue weighted by Crippen LogP contribution is 2.14. The molecule has 0 amide bonds. The lowest BCUT2D eigenvalue weighted by atomic mass is 10.0. The molecule has 0 saturated carbocycles. The second-order valence-electron chi connectivity index (χ2n) is 3.67. The summed E-state index contributed by atoms with van der Waals surface area (Å²) < 4.78 is 0. The van der Waals surface area contributed by atoms with Crippen molar-refractivity contribution in [3.8, 4) is 11.8 Å². The van der Waals surface area contributed by atoms with Crippen LogP contribution in [0.25, 0.3) is 0 Å². The molecule has 1 aromatic rings. The molecule has 0 aliphatic carbocycles. The lowest BCUT2D eigenvalue weighted by Gasteiger charge is -2.05. The van der Waals surface area contributed by atoms with Crippen molar-refractivity contribution in [2.45, 2.75) is 39.4 Å². The van der Waals surface area contributed by atoms with Gasteiger partial charge in [-0.05, 0) is 17.5 Å². The predicted molar refractivity (Wildman–Crippen MR) is 64.7 cm³/mol. The van der Waals surface area contributed by atoms with Crippen LogP contribution >= 0.6 is 0 Å². The summed E-state index contributed by atoms with van der Waals surface area (Å²) in [6.45, 7) is 2.06. The maximum Gasteiger partial charge on any atom is 0.0694 e. The number of rotatable bonds is 4. The number of hydrogen-bond donors (Lipinski definition) is 2. The van der Waals surface area contributed by atoms with E-state index < -0.39 is 0 Å². The molecule has 1 rings (SSSR count). The number of hydrogen-bond acceptors (Lipinski definition) is 2. The third-order valence-electron chi connectivity index (χ3n) is 2.45. The van der Waals surface area contributed by atoms with Gasteiger partial charge in [-0.3, -0.25) is 0 Å². The van der Waals surface area contributed by atoms with Gasteiger partial charge in [-0.1, -0.05) is 43.4 Å². The van der Waals surface area contributed by atoms with Crippen molar-refractivity contribution in [3.05, 3.63) is 34.9 Å². The molecule has 86 valence electrons. The summed E-state index contributed by atoms with van der Waals surface area (Å²) in [6.07, 6.45) is 3.08. The molecule has 16 heavy (non-hydrogen) atoms. The van der Waals surface area contributed by atoms with E-state index in [1.165, 1.54) is 0 Å². The van der Waals surface area contributed by atoms with Crippen LogP contribution in [0.5, 0.6) is 0 Å². The van der Waals surface area contributed by atoms with Gasteiger partial charge >= 0.3 is 0 Å². The van der Waals surface area contributed by atoms with Gasteiger partial charge in [0, 0.05) is 12.0 Å². The fourth-order valence-corrected chi connectivity index (χ4v) is 1.49. The van der Waals surface area contributed by atoms with Crippen LogP contribution < -0.4 is 0 Å². The van der Waals surface area contributed by atoms with Crippen molar-refractivity contribution in [1.82, 2.24) is 0 Å². The normalized spacial score (nSPS) is 9.69. The van der Waals surface area contributed by atoms with Crippen molar-refractivity contribution in [3.63, 3.8) is 0 Å². The second kappa shape index (κ2) is 7.05. The number of unbranched alkanes of at least 4 members (excludes halogenated alkanes) is 2. The lowest BCUT2D eigenvalue weighted by molar-refractivity contribution is 0.275. The predicted octanol–water partition coefficient (Wildman–Crippen LogP) is 2.21. The molecule has 0 heterocycles. The Hall–Kier alpha value is -1.30. The first-order valence-electron chi connectivity index (χ1n) is 5.64. The van der Waals surface area contributed by atoms with Crippen molar-refractivity contribution in [2.75, 3.05) is 0 Å². The summed E-state index contributed by atoms with van der Waals surface area (Å²) in [6, 6.07) is 5.50.